The van der Waals surface area contributed by atoms with Gasteiger partial charge in [0.1, 0.15) is 6.61 Å². The zero-order chi connectivity index (χ0) is 19.5. The number of amides is 1. The van der Waals surface area contributed by atoms with Crippen molar-refractivity contribution in [1.82, 2.24) is 9.80 Å². The van der Waals surface area contributed by atoms with Gasteiger partial charge in [-0.25, -0.2) is 0 Å². The number of hydrogen-bond acceptors (Lipinski definition) is 5. The van der Waals surface area contributed by atoms with Gasteiger partial charge in [-0.15, -0.1) is 0 Å². The van der Waals surface area contributed by atoms with Crippen LogP contribution in [0, 0.1) is 0 Å². The minimum absolute atomic E-state index is 0.183. The smallest absolute Gasteiger partial charge is 0.339 e. The zero-order valence-corrected chi connectivity index (χ0v) is 16.7. The molecule has 1 aliphatic carbocycles. The Balaban J connectivity index is 1.67. The topological polar surface area (TPSA) is 54.4 Å². The standard InChI is InChI=1S/C22H27N3O3/c1-3-25-21(26)20(28-22(25)23-27-4-2)15-17-12-16-8-7-11-24-10-6-5-9-18(13-17)19(24)14-16/h12-13,15H,3-11H2,1-2H3/b20-15+,23-22?. The Bertz CT molecular complexity index is 856. The number of carbonyl (C=O) groups excluding carboxylic acids is 1. The number of ether oxygens (including phenoxy) is 1. The number of likely N-dealkylation sites (N-methyl/N-ethyl adjacent to an activating group) is 1. The van der Waals surface area contributed by atoms with Crippen molar-refractivity contribution >= 4 is 11.9 Å². The van der Waals surface area contributed by atoms with Crippen molar-refractivity contribution in [2.24, 2.45) is 5.16 Å². The number of hydrogen-bond donors (Lipinski definition) is 0. The number of allylic oxidation sites excluding steroid dienone is 5. The summed E-state index contributed by atoms with van der Waals surface area (Å²) in [4.78, 5) is 21.8. The van der Waals surface area contributed by atoms with E-state index in [-0.39, 0.29) is 17.7 Å². The van der Waals surface area contributed by atoms with E-state index in [4.69, 9.17) is 9.57 Å². The van der Waals surface area contributed by atoms with E-state index < -0.39 is 0 Å². The molecule has 2 saturated heterocycles. The molecule has 4 rings (SSSR count). The molecule has 0 spiro atoms. The third-order valence-corrected chi connectivity index (χ3v) is 5.35. The molecule has 2 fully saturated rings. The van der Waals surface area contributed by atoms with Crippen LogP contribution >= 0.6 is 0 Å². The lowest BCUT2D eigenvalue weighted by molar-refractivity contribution is -0.122. The summed E-state index contributed by atoms with van der Waals surface area (Å²) >= 11 is 0. The minimum Gasteiger partial charge on any atom is -0.418 e. The van der Waals surface area contributed by atoms with Gasteiger partial charge in [-0.2, -0.15) is 0 Å². The van der Waals surface area contributed by atoms with E-state index in [2.05, 4.69) is 27.9 Å². The Morgan fingerprint density at radius 1 is 1.21 bits per heavy atom. The predicted molar refractivity (Wildman–Crippen MR) is 107 cm³/mol. The maximum absolute atomic E-state index is 12.7. The average molecular weight is 381 g/mol. The monoisotopic (exact) mass is 381 g/mol. The van der Waals surface area contributed by atoms with Crippen LogP contribution in [0.5, 0.6) is 0 Å². The molecular formula is C22H27N3O3. The van der Waals surface area contributed by atoms with Crippen LogP contribution in [0.4, 0.5) is 0 Å². The molecule has 1 amide bonds. The summed E-state index contributed by atoms with van der Waals surface area (Å²) < 4.78 is 5.73. The molecule has 28 heavy (non-hydrogen) atoms. The first-order valence-electron chi connectivity index (χ1n) is 10.3. The molecule has 3 heterocycles. The van der Waals surface area contributed by atoms with Crippen molar-refractivity contribution < 1.29 is 14.4 Å². The van der Waals surface area contributed by atoms with E-state index in [0.717, 1.165) is 37.9 Å². The SMILES string of the molecule is CCON=C1O/C(=C/C2=CC3=C=C4C(=C2)CCCCN4CCC3)C(=O)N1CC. The van der Waals surface area contributed by atoms with Gasteiger partial charge in [-0.3, -0.25) is 9.69 Å². The summed E-state index contributed by atoms with van der Waals surface area (Å²) in [6.07, 6.45) is 11.7. The second-order valence-electron chi connectivity index (χ2n) is 7.31. The van der Waals surface area contributed by atoms with Crippen LogP contribution in [0.25, 0.3) is 0 Å². The normalized spacial score (nSPS) is 24.7. The van der Waals surface area contributed by atoms with Crippen molar-refractivity contribution in [1.29, 1.82) is 0 Å². The molecular weight excluding hydrogens is 354 g/mol. The Morgan fingerprint density at radius 3 is 2.89 bits per heavy atom. The molecule has 0 aromatic rings. The van der Waals surface area contributed by atoms with Crippen LogP contribution < -0.4 is 0 Å². The van der Waals surface area contributed by atoms with Crippen molar-refractivity contribution in [3.63, 3.8) is 0 Å². The summed E-state index contributed by atoms with van der Waals surface area (Å²) in [6, 6.07) is 0.207. The molecule has 0 atom stereocenters. The number of oxime groups is 1. The zero-order valence-electron chi connectivity index (χ0n) is 16.7. The summed E-state index contributed by atoms with van der Waals surface area (Å²) in [5, 5.41) is 3.93. The lowest BCUT2D eigenvalue weighted by Gasteiger charge is -2.24. The first-order chi connectivity index (χ1) is 13.7. The molecule has 6 nitrogen and oxygen atoms in total. The van der Waals surface area contributed by atoms with Gasteiger partial charge >= 0.3 is 6.02 Å². The van der Waals surface area contributed by atoms with E-state index in [1.807, 2.05) is 19.9 Å². The number of amidine groups is 1. The van der Waals surface area contributed by atoms with Gasteiger partial charge in [0.2, 0.25) is 0 Å². The lowest BCUT2D eigenvalue weighted by Crippen LogP contribution is -2.29. The van der Waals surface area contributed by atoms with Gasteiger partial charge in [0.15, 0.2) is 5.76 Å². The number of nitrogens with zero attached hydrogens (tertiary/aromatic N) is 3. The summed E-state index contributed by atoms with van der Waals surface area (Å²) in [5.74, 6) is 0.103. The van der Waals surface area contributed by atoms with Crippen LogP contribution in [-0.4, -0.2) is 48.0 Å². The van der Waals surface area contributed by atoms with E-state index in [1.54, 1.807) is 0 Å². The van der Waals surface area contributed by atoms with Gasteiger partial charge in [0.25, 0.3) is 5.91 Å². The minimum atomic E-state index is -0.183. The second-order valence-corrected chi connectivity index (χ2v) is 7.31. The fraction of sp³-hybridized carbons (Fsp3) is 0.500. The number of rotatable bonds is 4. The van der Waals surface area contributed by atoms with Gasteiger partial charge in [0, 0.05) is 19.6 Å². The molecule has 0 aromatic carbocycles. The summed E-state index contributed by atoms with van der Waals surface area (Å²) in [7, 11) is 0. The molecule has 0 N–H and O–H groups in total. The molecule has 3 aliphatic heterocycles. The summed E-state index contributed by atoms with van der Waals surface area (Å²) in [6.45, 7) is 6.84. The quantitative estimate of drug-likeness (QED) is 0.424. The highest BCUT2D eigenvalue weighted by Crippen LogP contribution is 2.33. The third-order valence-electron chi connectivity index (χ3n) is 5.35. The van der Waals surface area contributed by atoms with Gasteiger partial charge < -0.3 is 14.5 Å². The molecule has 6 heteroatoms. The molecule has 0 saturated carbocycles. The number of carbonyl (C=O) groups is 1. The van der Waals surface area contributed by atoms with Crippen LogP contribution in [0.15, 0.2) is 57.3 Å². The Labute approximate surface area is 166 Å². The first-order valence-corrected chi connectivity index (χ1v) is 10.3. The van der Waals surface area contributed by atoms with Crippen LogP contribution in [0.2, 0.25) is 0 Å². The fourth-order valence-electron chi connectivity index (χ4n) is 4.01. The lowest BCUT2D eigenvalue weighted by atomic mass is 10.0. The van der Waals surface area contributed by atoms with Crippen molar-refractivity contribution in [3.8, 4) is 0 Å². The average Bonchev–Trinajstić information content (AvgIpc) is 2.89. The summed E-state index contributed by atoms with van der Waals surface area (Å²) in [5.41, 5.74) is 8.36. The molecule has 0 radical (unpaired) electrons. The van der Waals surface area contributed by atoms with E-state index in [0.29, 0.717) is 13.2 Å². The van der Waals surface area contributed by atoms with E-state index in [1.165, 1.54) is 34.6 Å². The highest BCUT2D eigenvalue weighted by molar-refractivity contribution is 6.09. The highest BCUT2D eigenvalue weighted by atomic mass is 16.7. The van der Waals surface area contributed by atoms with Crippen molar-refractivity contribution in [3.05, 3.63) is 52.1 Å². The van der Waals surface area contributed by atoms with Crippen molar-refractivity contribution in [2.45, 2.75) is 46.0 Å². The molecule has 4 aliphatic rings. The molecule has 0 aromatic heterocycles. The van der Waals surface area contributed by atoms with Crippen molar-refractivity contribution in [2.75, 3.05) is 26.2 Å². The van der Waals surface area contributed by atoms with E-state index in [9.17, 15) is 4.79 Å². The maximum Gasteiger partial charge on any atom is 0.339 e. The largest absolute Gasteiger partial charge is 0.418 e. The first kappa shape index (κ1) is 18.6. The van der Waals surface area contributed by atoms with Crippen LogP contribution in [0.1, 0.15) is 46.0 Å². The van der Waals surface area contributed by atoms with Gasteiger partial charge in [-0.05, 0) is 86.1 Å². The second kappa shape index (κ2) is 8.11. The van der Waals surface area contributed by atoms with Gasteiger partial charge in [0.05, 0.1) is 5.70 Å². The third kappa shape index (κ3) is 3.65. The predicted octanol–water partition coefficient (Wildman–Crippen LogP) is 3.61. The molecule has 148 valence electrons. The Morgan fingerprint density at radius 2 is 2.07 bits per heavy atom. The van der Waals surface area contributed by atoms with Gasteiger partial charge in [-0.1, -0.05) is 5.73 Å². The Kier molecular flexibility index (Phi) is 5.40. The maximum atomic E-state index is 12.7. The fourth-order valence-corrected chi connectivity index (χ4v) is 4.01. The van der Waals surface area contributed by atoms with E-state index >= 15 is 0 Å². The molecule has 0 unspecified atom stereocenters. The highest BCUT2D eigenvalue weighted by Gasteiger charge is 2.34. The van der Waals surface area contributed by atoms with Crippen LogP contribution in [0.3, 0.4) is 0 Å². The van der Waals surface area contributed by atoms with Crippen LogP contribution in [-0.2, 0) is 14.4 Å². The molecule has 2 bridgehead atoms. The Hall–Kier alpha value is -2.72.